The number of hydrogen-bond donors (Lipinski definition) is 2. The van der Waals surface area contributed by atoms with Crippen molar-refractivity contribution in [3.8, 4) is 0 Å². The quantitative estimate of drug-likeness (QED) is 0.747. The van der Waals surface area contributed by atoms with Crippen molar-refractivity contribution in [3.05, 3.63) is 33.1 Å². The second-order valence-corrected chi connectivity index (χ2v) is 6.63. The first-order valence-corrected chi connectivity index (χ1v) is 7.32. The normalized spacial score (nSPS) is 12.6. The highest BCUT2D eigenvalue weighted by molar-refractivity contribution is 14.1. The van der Waals surface area contributed by atoms with Crippen LogP contribution in [0.4, 0.5) is 9.18 Å². The summed E-state index contributed by atoms with van der Waals surface area (Å²) in [5.74, 6) is -1.47. The molecule has 5 nitrogen and oxygen atoms in total. The molecule has 116 valence electrons. The summed E-state index contributed by atoms with van der Waals surface area (Å²) in [6.07, 6.45) is -1.03. The summed E-state index contributed by atoms with van der Waals surface area (Å²) < 4.78 is 18.7. The molecule has 0 spiro atoms. The molecular weight excluding hydrogens is 392 g/mol. The van der Waals surface area contributed by atoms with E-state index in [0.29, 0.717) is 9.13 Å². The SMILES string of the molecule is CC(C)(C)OC(=O)N[C@@H](CC(=O)O)c1ccc(F)c(I)c1. The molecule has 0 aliphatic carbocycles. The van der Waals surface area contributed by atoms with Crippen LogP contribution in [0, 0.1) is 9.39 Å². The summed E-state index contributed by atoms with van der Waals surface area (Å²) in [5.41, 5.74) is -0.177. The van der Waals surface area contributed by atoms with Crippen molar-refractivity contribution in [2.75, 3.05) is 0 Å². The first-order chi connectivity index (χ1) is 9.58. The second kappa shape index (κ2) is 7.06. The Morgan fingerprint density at radius 2 is 2.05 bits per heavy atom. The zero-order valence-corrected chi connectivity index (χ0v) is 14.1. The number of carbonyl (C=O) groups is 2. The minimum absolute atomic E-state index is 0.318. The van der Waals surface area contributed by atoms with E-state index in [1.54, 1.807) is 43.4 Å². The molecule has 1 aromatic carbocycles. The zero-order chi connectivity index (χ0) is 16.2. The molecule has 1 atom stereocenters. The number of ether oxygens (including phenoxy) is 1. The first kappa shape index (κ1) is 17.7. The summed E-state index contributed by atoms with van der Waals surface area (Å²) in [5, 5.41) is 11.4. The van der Waals surface area contributed by atoms with Crippen molar-refractivity contribution >= 4 is 34.7 Å². The zero-order valence-electron chi connectivity index (χ0n) is 11.9. The van der Waals surface area contributed by atoms with E-state index in [2.05, 4.69) is 5.32 Å². The highest BCUT2D eigenvalue weighted by atomic mass is 127. The molecule has 0 fully saturated rings. The fourth-order valence-corrected chi connectivity index (χ4v) is 2.15. The van der Waals surface area contributed by atoms with E-state index in [1.165, 1.54) is 18.2 Å². The molecule has 0 aliphatic rings. The number of nitrogens with one attached hydrogen (secondary N) is 1. The van der Waals surface area contributed by atoms with Gasteiger partial charge in [-0.25, -0.2) is 9.18 Å². The third kappa shape index (κ3) is 6.28. The van der Waals surface area contributed by atoms with Crippen LogP contribution < -0.4 is 5.32 Å². The fourth-order valence-electron chi connectivity index (χ4n) is 1.61. The Morgan fingerprint density at radius 3 is 2.52 bits per heavy atom. The number of aliphatic carboxylic acids is 1. The van der Waals surface area contributed by atoms with Crippen LogP contribution in [-0.2, 0) is 9.53 Å². The minimum atomic E-state index is -1.07. The molecule has 0 heterocycles. The molecule has 0 radical (unpaired) electrons. The highest BCUT2D eigenvalue weighted by Crippen LogP contribution is 2.22. The molecule has 1 rings (SSSR count). The van der Waals surface area contributed by atoms with E-state index in [9.17, 15) is 14.0 Å². The third-order valence-electron chi connectivity index (χ3n) is 2.42. The smallest absolute Gasteiger partial charge is 0.408 e. The molecule has 1 amide bonds. The molecule has 0 saturated heterocycles. The van der Waals surface area contributed by atoms with E-state index >= 15 is 0 Å². The van der Waals surface area contributed by atoms with Gasteiger partial charge in [0.2, 0.25) is 0 Å². The standard InChI is InChI=1S/C14H17FINO4/c1-14(2,3)21-13(20)17-11(7-12(18)19)8-4-5-9(15)10(16)6-8/h4-6,11H,7H2,1-3H3,(H,17,20)(H,18,19)/t11-/m0/s1. The van der Waals surface area contributed by atoms with Crippen LogP contribution in [0.25, 0.3) is 0 Å². The molecule has 0 saturated carbocycles. The van der Waals surface area contributed by atoms with E-state index < -0.39 is 29.5 Å². The lowest BCUT2D eigenvalue weighted by Gasteiger charge is -2.23. The van der Waals surface area contributed by atoms with Crippen molar-refractivity contribution in [2.45, 2.75) is 38.8 Å². The summed E-state index contributed by atoms with van der Waals surface area (Å²) >= 11 is 1.81. The van der Waals surface area contributed by atoms with Gasteiger partial charge in [0.05, 0.1) is 12.5 Å². The summed E-state index contributed by atoms with van der Waals surface area (Å²) in [6.45, 7) is 5.12. The maximum Gasteiger partial charge on any atom is 0.408 e. The van der Waals surface area contributed by atoms with Gasteiger partial charge in [-0.05, 0) is 61.1 Å². The number of carboxylic acid groups (broad SMARTS) is 1. The van der Waals surface area contributed by atoms with Gasteiger partial charge in [0.1, 0.15) is 11.4 Å². The number of benzene rings is 1. The summed E-state index contributed by atoms with van der Waals surface area (Å²) in [6, 6.07) is 3.40. The van der Waals surface area contributed by atoms with Gasteiger partial charge < -0.3 is 15.2 Å². The van der Waals surface area contributed by atoms with E-state index in [0.717, 1.165) is 0 Å². The van der Waals surface area contributed by atoms with Crippen LogP contribution in [0.3, 0.4) is 0 Å². The van der Waals surface area contributed by atoms with Crippen molar-refractivity contribution in [3.63, 3.8) is 0 Å². The Hall–Kier alpha value is -1.38. The minimum Gasteiger partial charge on any atom is -0.481 e. The summed E-state index contributed by atoms with van der Waals surface area (Å²) in [4.78, 5) is 22.7. The lowest BCUT2D eigenvalue weighted by molar-refractivity contribution is -0.137. The van der Waals surface area contributed by atoms with Gasteiger partial charge in [0, 0.05) is 3.57 Å². The Balaban J connectivity index is 2.92. The van der Waals surface area contributed by atoms with Gasteiger partial charge in [-0.15, -0.1) is 0 Å². The number of hydrogen-bond acceptors (Lipinski definition) is 3. The van der Waals surface area contributed by atoms with Gasteiger partial charge in [0.15, 0.2) is 0 Å². The topological polar surface area (TPSA) is 75.6 Å². The molecule has 0 unspecified atom stereocenters. The van der Waals surface area contributed by atoms with Crippen LogP contribution in [-0.4, -0.2) is 22.8 Å². The van der Waals surface area contributed by atoms with Gasteiger partial charge in [-0.3, -0.25) is 4.79 Å². The van der Waals surface area contributed by atoms with Crippen LogP contribution >= 0.6 is 22.6 Å². The molecule has 7 heteroatoms. The second-order valence-electron chi connectivity index (χ2n) is 5.47. The number of halogens is 2. The molecule has 1 aromatic rings. The highest BCUT2D eigenvalue weighted by Gasteiger charge is 2.23. The van der Waals surface area contributed by atoms with E-state index in [4.69, 9.17) is 9.84 Å². The van der Waals surface area contributed by atoms with Crippen LogP contribution in [0.1, 0.15) is 38.8 Å². The Morgan fingerprint density at radius 1 is 1.43 bits per heavy atom. The van der Waals surface area contributed by atoms with E-state index in [1.807, 2.05) is 0 Å². The lowest BCUT2D eigenvalue weighted by Crippen LogP contribution is -2.35. The van der Waals surface area contributed by atoms with Crippen LogP contribution in [0.15, 0.2) is 18.2 Å². The predicted molar refractivity (Wildman–Crippen MR) is 83.5 cm³/mol. The Kier molecular flexibility index (Phi) is 5.94. The molecule has 0 aliphatic heterocycles. The maximum absolute atomic E-state index is 13.3. The van der Waals surface area contributed by atoms with Crippen molar-refractivity contribution in [1.29, 1.82) is 0 Å². The molecule has 2 N–H and O–H groups in total. The number of amides is 1. The molecule has 0 bridgehead atoms. The average Bonchev–Trinajstić information content (AvgIpc) is 2.28. The lowest BCUT2D eigenvalue weighted by atomic mass is 10.0. The van der Waals surface area contributed by atoms with Crippen LogP contribution in [0.5, 0.6) is 0 Å². The van der Waals surface area contributed by atoms with E-state index in [-0.39, 0.29) is 6.42 Å². The number of carboxylic acids is 1. The molecule has 0 aromatic heterocycles. The monoisotopic (exact) mass is 409 g/mol. The van der Waals surface area contributed by atoms with Crippen molar-refractivity contribution < 1.29 is 23.8 Å². The Bertz CT molecular complexity index is 542. The largest absolute Gasteiger partial charge is 0.481 e. The molecular formula is C14H17FINO4. The first-order valence-electron chi connectivity index (χ1n) is 6.25. The average molecular weight is 409 g/mol. The summed E-state index contributed by atoms with van der Waals surface area (Å²) in [7, 11) is 0. The van der Waals surface area contributed by atoms with Gasteiger partial charge in [-0.1, -0.05) is 6.07 Å². The van der Waals surface area contributed by atoms with Crippen molar-refractivity contribution in [1.82, 2.24) is 5.32 Å². The predicted octanol–water partition coefficient (Wildman–Crippen LogP) is 3.47. The number of carbonyl (C=O) groups excluding carboxylic acids is 1. The van der Waals surface area contributed by atoms with Gasteiger partial charge in [-0.2, -0.15) is 0 Å². The molecule has 21 heavy (non-hydrogen) atoms. The fraction of sp³-hybridized carbons (Fsp3) is 0.429. The number of alkyl carbamates (subject to hydrolysis) is 1. The Labute approximate surface area is 136 Å². The van der Waals surface area contributed by atoms with Gasteiger partial charge >= 0.3 is 12.1 Å². The maximum atomic E-state index is 13.3. The van der Waals surface area contributed by atoms with Gasteiger partial charge in [0.25, 0.3) is 0 Å². The number of rotatable bonds is 4. The third-order valence-corrected chi connectivity index (χ3v) is 3.24. The van der Waals surface area contributed by atoms with Crippen molar-refractivity contribution in [2.24, 2.45) is 0 Å². The van der Waals surface area contributed by atoms with Crippen LogP contribution in [0.2, 0.25) is 0 Å².